The number of methoxy groups -OCH3 is 2. The minimum absolute atomic E-state index is 0.0923. The van der Waals surface area contributed by atoms with Gasteiger partial charge in [0.1, 0.15) is 12.3 Å². The number of esters is 1. The number of Topliss-reactive ketones (excluding diaryl/α,β-unsaturated/α-hetero) is 1. The van der Waals surface area contributed by atoms with Crippen molar-refractivity contribution in [1.29, 1.82) is 0 Å². The average Bonchev–Trinajstić information content (AvgIpc) is 3.71. The largest absolute Gasteiger partial charge is 0.465 e. The van der Waals surface area contributed by atoms with E-state index in [-0.39, 0.29) is 21.5 Å². The van der Waals surface area contributed by atoms with Crippen LogP contribution in [0.1, 0.15) is 98.1 Å². The van der Waals surface area contributed by atoms with Crippen LogP contribution in [0.3, 0.4) is 0 Å². The van der Waals surface area contributed by atoms with E-state index in [1.54, 1.807) is 37.4 Å². The molecule has 5 aromatic carbocycles. The van der Waals surface area contributed by atoms with Gasteiger partial charge in [-0.05, 0) is 112 Å². The summed E-state index contributed by atoms with van der Waals surface area (Å²) in [6, 6.07) is 34.0. The van der Waals surface area contributed by atoms with Crippen LogP contribution in [-0.4, -0.2) is 94.3 Å². The van der Waals surface area contributed by atoms with Crippen LogP contribution in [0.2, 0.25) is 0 Å². The zero-order valence-corrected chi connectivity index (χ0v) is 44.5. The highest BCUT2D eigenvalue weighted by atomic mass is 32.2. The summed E-state index contributed by atoms with van der Waals surface area (Å²) >= 11 is 0. The van der Waals surface area contributed by atoms with Gasteiger partial charge in [-0.2, -0.15) is 21.4 Å². The number of ether oxygens (including phenoxy) is 2. The molecular formula is C56H63N3O11PS2+. The molecule has 0 saturated heterocycles. The number of anilines is 1. The summed E-state index contributed by atoms with van der Waals surface area (Å²) in [5.41, 5.74) is 4.27. The van der Waals surface area contributed by atoms with Gasteiger partial charge in [0, 0.05) is 84.8 Å². The van der Waals surface area contributed by atoms with Crippen LogP contribution in [0.5, 0.6) is 0 Å². The van der Waals surface area contributed by atoms with Crippen LogP contribution in [0, 0.1) is 0 Å². The van der Waals surface area contributed by atoms with Crippen LogP contribution in [-0.2, 0) is 45.3 Å². The van der Waals surface area contributed by atoms with E-state index in [1.807, 2.05) is 107 Å². The third kappa shape index (κ3) is 12.3. The molecule has 3 N–H and O–H groups in total. The lowest BCUT2D eigenvalue weighted by Gasteiger charge is -2.26. The molecule has 7 rings (SSSR count). The number of unbranched alkanes of at least 4 members (excludes halogenated alkanes) is 2. The van der Waals surface area contributed by atoms with Crippen LogP contribution in [0.25, 0.3) is 0 Å². The summed E-state index contributed by atoms with van der Waals surface area (Å²) in [5, 5.41) is 5.70. The second-order valence-electron chi connectivity index (χ2n) is 19.1. The predicted molar refractivity (Wildman–Crippen MR) is 286 cm³/mol. The van der Waals surface area contributed by atoms with Crippen molar-refractivity contribution in [1.82, 2.24) is 5.32 Å². The number of allylic oxidation sites excluding steroid dienone is 4. The first-order chi connectivity index (χ1) is 34.7. The Morgan fingerprint density at radius 3 is 1.96 bits per heavy atom. The Kier molecular flexibility index (Phi) is 17.2. The summed E-state index contributed by atoms with van der Waals surface area (Å²) in [7, 11) is -7.19. The lowest BCUT2D eigenvalue weighted by atomic mass is 9.81. The fraction of sp³-hybridized carbons (Fsp3) is 0.321. The molecule has 0 spiro atoms. The van der Waals surface area contributed by atoms with Crippen molar-refractivity contribution in [2.45, 2.75) is 86.8 Å². The minimum atomic E-state index is -4.48. The van der Waals surface area contributed by atoms with Crippen molar-refractivity contribution in [2.24, 2.45) is 0 Å². The molecule has 0 saturated carbocycles. The summed E-state index contributed by atoms with van der Waals surface area (Å²) in [6.45, 7) is 9.71. The topological polar surface area (TPSA) is 197 Å². The number of benzene rings is 5. The van der Waals surface area contributed by atoms with E-state index in [0.29, 0.717) is 74.8 Å². The number of nitrogens with zero attached hydrogens (tertiary/aromatic N) is 2. The van der Waals surface area contributed by atoms with Gasteiger partial charge >= 0.3 is 5.97 Å². The highest BCUT2D eigenvalue weighted by Gasteiger charge is 2.45. The Hall–Kier alpha value is -6.13. The van der Waals surface area contributed by atoms with Gasteiger partial charge in [-0.3, -0.25) is 18.7 Å². The fourth-order valence-corrected chi connectivity index (χ4v) is 13.2. The molecule has 0 radical (unpaired) electrons. The maximum absolute atomic E-state index is 13.5. The van der Waals surface area contributed by atoms with Crippen molar-refractivity contribution < 1.29 is 54.4 Å². The molecule has 17 heteroatoms. The molecule has 5 aromatic rings. The van der Waals surface area contributed by atoms with E-state index < -0.39 is 45.0 Å². The number of carbonyl (C=O) groups is 3. The van der Waals surface area contributed by atoms with Crippen molar-refractivity contribution >= 4 is 78.8 Å². The third-order valence-corrected chi connectivity index (χ3v) is 17.7. The first-order valence-corrected chi connectivity index (χ1v) is 28.4. The van der Waals surface area contributed by atoms with Crippen LogP contribution < -0.4 is 26.1 Å². The molecule has 0 aliphatic carbocycles. The number of hydrogen-bond donors (Lipinski definition) is 3. The Balaban J connectivity index is 0.999. The van der Waals surface area contributed by atoms with Crippen molar-refractivity contribution in [3.05, 3.63) is 161 Å². The maximum Gasteiger partial charge on any atom is 0.338 e. The quantitative estimate of drug-likeness (QED) is 0.0197. The average molecular weight is 1050 g/mol. The Morgan fingerprint density at radius 1 is 0.726 bits per heavy atom. The lowest BCUT2D eigenvalue weighted by Crippen LogP contribution is -2.29. The summed E-state index contributed by atoms with van der Waals surface area (Å²) < 4.78 is 81.3. The molecule has 0 atom stereocenters. The van der Waals surface area contributed by atoms with Gasteiger partial charge in [0.05, 0.1) is 34.5 Å². The molecule has 0 aromatic heterocycles. The van der Waals surface area contributed by atoms with Gasteiger partial charge in [-0.15, -0.1) is 0 Å². The van der Waals surface area contributed by atoms with Crippen molar-refractivity contribution in [3.8, 4) is 0 Å². The molecule has 2 heterocycles. The number of amides is 1. The zero-order valence-electron chi connectivity index (χ0n) is 42.0. The molecule has 0 fully saturated rings. The molecule has 2 aliphatic heterocycles. The smallest absolute Gasteiger partial charge is 0.338 e. The monoisotopic (exact) mass is 1050 g/mol. The number of nitrogens with one attached hydrogen (secondary N) is 1. The summed E-state index contributed by atoms with van der Waals surface area (Å²) in [5.74, 6) is -0.702. The first kappa shape index (κ1) is 54.6. The normalized spacial score (nSPS) is 15.5. The molecule has 0 unspecified atom stereocenters. The first-order valence-electron chi connectivity index (χ1n) is 24.1. The SMILES string of the molecule is COCCN1C(=CC=CC2=[N+](CCCCCC(=O)CCCNC(=O)c3ccc(C(=O)OC)c(P(c4ccccc4)c4ccccc4)c3)c3ccc(S(=O)(=O)O)cc3C2(C)C)C(C)(C)c2cc(S(=O)(=O)O)ccc21. The standard InChI is InChI=1S/C56H62N3O11PS2/c1-55(2)46-37-43(72(63,64)65)27-30-48(46)58(51(55)24-16-25-52-56(3,4)47-38-44(73(66,67)68)28-31-49(47)59(52)34-35-69-5)33-15-9-10-18-40(60)19-17-32-57-53(61)39-26-29-45(54(62)70-6)50(36-39)71(41-20-11-7-12-21-41)42-22-13-8-14-23-42/h7-8,11-14,16,20-31,36-38H,9-10,15,17-19,32-35H2,1-6H3,(H2-,57,61,63,64,65,66,67,68)/p+1. The minimum Gasteiger partial charge on any atom is -0.465 e. The van der Waals surface area contributed by atoms with Gasteiger partial charge in [0.2, 0.25) is 5.69 Å². The zero-order chi connectivity index (χ0) is 52.7. The van der Waals surface area contributed by atoms with Gasteiger partial charge < -0.3 is 19.7 Å². The second-order valence-corrected chi connectivity index (χ2v) is 24.1. The van der Waals surface area contributed by atoms with Gasteiger partial charge in [0.25, 0.3) is 26.1 Å². The Morgan fingerprint density at radius 2 is 1.34 bits per heavy atom. The van der Waals surface area contributed by atoms with Crippen LogP contribution >= 0.6 is 7.92 Å². The number of ketones is 1. The van der Waals surface area contributed by atoms with Crippen LogP contribution in [0.15, 0.2) is 149 Å². The highest BCUT2D eigenvalue weighted by Crippen LogP contribution is 2.49. The lowest BCUT2D eigenvalue weighted by molar-refractivity contribution is -0.438. The van der Waals surface area contributed by atoms with Crippen molar-refractivity contribution in [3.63, 3.8) is 0 Å². The molecule has 384 valence electrons. The predicted octanol–water partition coefficient (Wildman–Crippen LogP) is 8.33. The highest BCUT2D eigenvalue weighted by molar-refractivity contribution is 7.86. The van der Waals surface area contributed by atoms with E-state index >= 15 is 0 Å². The molecule has 1 amide bonds. The van der Waals surface area contributed by atoms with E-state index in [1.165, 1.54) is 31.4 Å². The number of fused-ring (bicyclic) bond motifs is 2. The van der Waals surface area contributed by atoms with E-state index in [2.05, 4.69) is 14.8 Å². The number of carbonyl (C=O) groups excluding carboxylic acids is 3. The summed E-state index contributed by atoms with van der Waals surface area (Å²) in [4.78, 5) is 41.3. The molecule has 73 heavy (non-hydrogen) atoms. The van der Waals surface area contributed by atoms with E-state index in [4.69, 9.17) is 9.47 Å². The maximum atomic E-state index is 13.5. The molecule has 0 bridgehead atoms. The second kappa shape index (κ2) is 23.0. The fourth-order valence-electron chi connectivity index (χ4n) is 9.73. The van der Waals surface area contributed by atoms with Gasteiger partial charge in [-0.25, -0.2) is 4.79 Å². The number of hydrogen-bond acceptors (Lipinski definition) is 10. The van der Waals surface area contributed by atoms with E-state index in [9.17, 15) is 40.3 Å². The van der Waals surface area contributed by atoms with Crippen LogP contribution in [0.4, 0.5) is 11.4 Å². The van der Waals surface area contributed by atoms with E-state index in [0.717, 1.165) is 50.9 Å². The number of rotatable bonds is 22. The summed E-state index contributed by atoms with van der Waals surface area (Å²) in [6.07, 6.45) is 9.14. The van der Waals surface area contributed by atoms with Gasteiger partial charge in [0.15, 0.2) is 5.71 Å². The molecule has 14 nitrogen and oxygen atoms in total. The van der Waals surface area contributed by atoms with Gasteiger partial charge in [-0.1, -0.05) is 80.6 Å². The third-order valence-electron chi connectivity index (χ3n) is 13.5. The molecular weight excluding hydrogens is 986 g/mol. The van der Waals surface area contributed by atoms with Crippen molar-refractivity contribution in [2.75, 3.05) is 45.4 Å². The Bertz CT molecular complexity index is 3170. The Labute approximate surface area is 430 Å². The molecule has 2 aliphatic rings.